The Balaban J connectivity index is 1.03. The molecule has 0 fully saturated rings. The highest BCUT2D eigenvalue weighted by atomic mass is 16.5. The van der Waals surface area contributed by atoms with Gasteiger partial charge in [0.1, 0.15) is 11.5 Å². The number of anilines is 6. The van der Waals surface area contributed by atoms with Gasteiger partial charge in [-0.15, -0.1) is 0 Å². The zero-order chi connectivity index (χ0) is 39.1. The predicted octanol–water partition coefficient (Wildman–Crippen LogP) is 16.0. The van der Waals surface area contributed by atoms with Gasteiger partial charge in [0.05, 0.1) is 5.69 Å². The Hall–Kier alpha value is -7.88. The lowest BCUT2D eigenvalue weighted by Crippen LogP contribution is -2.12. The van der Waals surface area contributed by atoms with Gasteiger partial charge in [0, 0.05) is 50.8 Å². The maximum atomic E-state index is 6.88. The summed E-state index contributed by atoms with van der Waals surface area (Å²) >= 11 is 0. The second-order valence-electron chi connectivity index (χ2n) is 14.9. The van der Waals surface area contributed by atoms with E-state index in [1.807, 2.05) is 0 Å². The minimum Gasteiger partial charge on any atom is -0.456 e. The third-order valence-electron chi connectivity index (χ3n) is 11.4. The van der Waals surface area contributed by atoms with Crippen molar-refractivity contribution in [1.82, 2.24) is 0 Å². The second-order valence-corrected chi connectivity index (χ2v) is 14.9. The van der Waals surface area contributed by atoms with E-state index in [-0.39, 0.29) is 0 Å². The summed E-state index contributed by atoms with van der Waals surface area (Å²) in [6, 6.07) is 82.1. The number of para-hydroxylation sites is 2. The molecule has 1 aliphatic rings. The molecule has 0 amide bonds. The lowest BCUT2D eigenvalue weighted by molar-refractivity contribution is 0.487. The minimum absolute atomic E-state index is 0.837. The van der Waals surface area contributed by atoms with Gasteiger partial charge in [-0.3, -0.25) is 0 Å². The first-order chi connectivity index (χ1) is 29.3. The van der Waals surface area contributed by atoms with E-state index in [4.69, 9.17) is 4.74 Å². The molecule has 59 heavy (non-hydrogen) atoms. The zero-order valence-electron chi connectivity index (χ0n) is 32.2. The normalized spacial score (nSPS) is 11.5. The molecule has 0 bridgehead atoms. The third kappa shape index (κ3) is 6.17. The van der Waals surface area contributed by atoms with E-state index in [1.165, 1.54) is 33.0 Å². The topological polar surface area (TPSA) is 15.7 Å². The van der Waals surface area contributed by atoms with Crippen LogP contribution in [0.1, 0.15) is 0 Å². The van der Waals surface area contributed by atoms with Crippen LogP contribution in [-0.4, -0.2) is 0 Å². The Kier molecular flexibility index (Phi) is 8.49. The largest absolute Gasteiger partial charge is 0.456 e. The molecule has 1 heterocycles. The van der Waals surface area contributed by atoms with Gasteiger partial charge in [-0.2, -0.15) is 0 Å². The lowest BCUT2D eigenvalue weighted by Gasteiger charge is -2.30. The summed E-state index contributed by atoms with van der Waals surface area (Å²) in [4.78, 5) is 4.65. The van der Waals surface area contributed by atoms with Gasteiger partial charge in [0.25, 0.3) is 0 Å². The standard InChI is InChI=1S/C56H38N2O/c1-4-14-39(15-5-1)40-26-30-45(31-27-40)58(46-32-28-42(29-33-46)49-23-12-17-41-16-10-11-22-48(41)49)53-36-37-54-56-51(24-13-25-52(53)56)50-35-34-47(38-55(50)59-54)57(43-18-6-2-7-19-43)44-20-8-3-9-21-44/h1-38H. The number of nitrogens with zero attached hydrogens (tertiary/aromatic N) is 2. The van der Waals surface area contributed by atoms with Crippen molar-refractivity contribution in [3.8, 4) is 44.9 Å². The number of benzene rings is 10. The molecule has 0 atom stereocenters. The molecule has 0 saturated heterocycles. The van der Waals surface area contributed by atoms with E-state index in [0.717, 1.165) is 67.5 Å². The van der Waals surface area contributed by atoms with E-state index < -0.39 is 0 Å². The zero-order valence-corrected chi connectivity index (χ0v) is 32.2. The van der Waals surface area contributed by atoms with Crippen molar-refractivity contribution in [1.29, 1.82) is 0 Å². The summed E-state index contributed by atoms with van der Waals surface area (Å²) in [5.41, 5.74) is 13.5. The number of ether oxygens (including phenoxy) is 1. The fourth-order valence-corrected chi connectivity index (χ4v) is 8.67. The summed E-state index contributed by atoms with van der Waals surface area (Å²) in [6.07, 6.45) is 0. The highest BCUT2D eigenvalue weighted by Gasteiger charge is 2.25. The maximum Gasteiger partial charge on any atom is 0.137 e. The van der Waals surface area contributed by atoms with Crippen LogP contribution in [0, 0.1) is 0 Å². The average molecular weight is 755 g/mol. The number of fused-ring (bicyclic) bond motifs is 3. The maximum absolute atomic E-state index is 6.88. The molecule has 10 aromatic rings. The minimum atomic E-state index is 0.837. The van der Waals surface area contributed by atoms with E-state index in [2.05, 4.69) is 240 Å². The number of rotatable bonds is 8. The molecule has 0 unspecified atom stereocenters. The average Bonchev–Trinajstić information content (AvgIpc) is 3.31. The van der Waals surface area contributed by atoms with E-state index in [0.29, 0.717) is 0 Å². The summed E-state index contributed by atoms with van der Waals surface area (Å²) in [7, 11) is 0. The van der Waals surface area contributed by atoms with Gasteiger partial charge in [-0.05, 0) is 111 Å². The molecule has 10 aromatic carbocycles. The van der Waals surface area contributed by atoms with Gasteiger partial charge in [0.2, 0.25) is 0 Å². The van der Waals surface area contributed by atoms with E-state index >= 15 is 0 Å². The molecule has 0 saturated carbocycles. The molecule has 0 N–H and O–H groups in total. The van der Waals surface area contributed by atoms with Crippen LogP contribution in [0.25, 0.3) is 54.9 Å². The van der Waals surface area contributed by atoms with Gasteiger partial charge >= 0.3 is 0 Å². The number of hydrogen-bond donors (Lipinski definition) is 0. The first kappa shape index (κ1) is 34.4. The SMILES string of the molecule is c1ccc(-c2ccc(N(c3ccc(-c4cccc5ccccc45)cc3)c3ccc4c5c(cccc35)-c3ccc(N(c5ccccc5)c5ccccc5)cc3O4)cc2)cc1. The molecule has 0 radical (unpaired) electrons. The third-order valence-corrected chi connectivity index (χ3v) is 11.4. The van der Waals surface area contributed by atoms with Crippen LogP contribution < -0.4 is 14.5 Å². The van der Waals surface area contributed by atoms with Gasteiger partial charge in [0.15, 0.2) is 0 Å². The Morgan fingerprint density at radius 1 is 0.288 bits per heavy atom. The van der Waals surface area contributed by atoms with Crippen LogP contribution in [0.15, 0.2) is 231 Å². The van der Waals surface area contributed by atoms with Gasteiger partial charge in [-0.25, -0.2) is 0 Å². The van der Waals surface area contributed by atoms with Crippen molar-refractivity contribution < 1.29 is 4.74 Å². The van der Waals surface area contributed by atoms with Crippen molar-refractivity contribution in [2.75, 3.05) is 9.80 Å². The second kappa shape index (κ2) is 14.6. The molecule has 0 spiro atoms. The summed E-state index contributed by atoms with van der Waals surface area (Å²) < 4.78 is 6.88. The molecule has 0 aromatic heterocycles. The van der Waals surface area contributed by atoms with Crippen LogP contribution in [0.3, 0.4) is 0 Å². The van der Waals surface area contributed by atoms with Crippen molar-refractivity contribution in [3.63, 3.8) is 0 Å². The lowest BCUT2D eigenvalue weighted by atomic mass is 9.93. The van der Waals surface area contributed by atoms with Crippen LogP contribution in [-0.2, 0) is 0 Å². The van der Waals surface area contributed by atoms with Crippen molar-refractivity contribution in [2.45, 2.75) is 0 Å². The molecule has 3 heteroatoms. The first-order valence-electron chi connectivity index (χ1n) is 20.1. The smallest absolute Gasteiger partial charge is 0.137 e. The fourth-order valence-electron chi connectivity index (χ4n) is 8.67. The molecule has 278 valence electrons. The van der Waals surface area contributed by atoms with Crippen LogP contribution in [0.5, 0.6) is 11.5 Å². The van der Waals surface area contributed by atoms with E-state index in [9.17, 15) is 0 Å². The summed E-state index contributed by atoms with van der Waals surface area (Å²) in [5.74, 6) is 1.69. The van der Waals surface area contributed by atoms with Crippen LogP contribution >= 0.6 is 0 Å². The Morgan fingerprint density at radius 2 is 0.814 bits per heavy atom. The van der Waals surface area contributed by atoms with Crippen molar-refractivity contribution in [3.05, 3.63) is 231 Å². The summed E-state index contributed by atoms with van der Waals surface area (Å²) in [5, 5.41) is 4.71. The molecule has 1 aliphatic heterocycles. The van der Waals surface area contributed by atoms with Gasteiger partial charge < -0.3 is 14.5 Å². The predicted molar refractivity (Wildman–Crippen MR) is 247 cm³/mol. The highest BCUT2D eigenvalue weighted by molar-refractivity contribution is 6.11. The molecular formula is C56H38N2O. The fraction of sp³-hybridized carbons (Fsp3) is 0. The number of hydrogen-bond acceptors (Lipinski definition) is 3. The van der Waals surface area contributed by atoms with Crippen molar-refractivity contribution in [2.24, 2.45) is 0 Å². The van der Waals surface area contributed by atoms with Crippen molar-refractivity contribution >= 4 is 55.7 Å². The first-order valence-corrected chi connectivity index (χ1v) is 20.1. The Labute approximate surface area is 344 Å². The van der Waals surface area contributed by atoms with Crippen LogP contribution in [0.2, 0.25) is 0 Å². The Morgan fingerprint density at radius 3 is 1.53 bits per heavy atom. The highest BCUT2D eigenvalue weighted by Crippen LogP contribution is 2.52. The molecule has 11 rings (SSSR count). The summed E-state index contributed by atoms with van der Waals surface area (Å²) in [6.45, 7) is 0. The molecule has 3 nitrogen and oxygen atoms in total. The monoisotopic (exact) mass is 754 g/mol. The van der Waals surface area contributed by atoms with Gasteiger partial charge in [-0.1, -0.05) is 152 Å². The van der Waals surface area contributed by atoms with Crippen LogP contribution in [0.4, 0.5) is 34.1 Å². The van der Waals surface area contributed by atoms with E-state index in [1.54, 1.807) is 0 Å². The quantitative estimate of drug-likeness (QED) is 0.154. The Bertz CT molecular complexity index is 3060. The molecule has 0 aliphatic carbocycles. The molecular weight excluding hydrogens is 717 g/mol.